The number of carbonyl (C=O) groups is 2. The van der Waals surface area contributed by atoms with Crippen LogP contribution in [0.3, 0.4) is 0 Å². The van der Waals surface area contributed by atoms with Gasteiger partial charge in [0.1, 0.15) is 6.54 Å². The molecule has 2 heterocycles. The number of ether oxygens (including phenoxy) is 2. The quantitative estimate of drug-likeness (QED) is 0.641. The van der Waals surface area contributed by atoms with E-state index in [1.807, 2.05) is 19.9 Å². The summed E-state index contributed by atoms with van der Waals surface area (Å²) in [6.07, 6.45) is 2.94. The van der Waals surface area contributed by atoms with Crippen molar-refractivity contribution in [1.82, 2.24) is 20.6 Å². The molecule has 0 unspecified atom stereocenters. The van der Waals surface area contributed by atoms with Gasteiger partial charge in [-0.15, -0.1) is 0 Å². The normalized spacial score (nSPS) is 12.4. The van der Waals surface area contributed by atoms with E-state index in [2.05, 4.69) is 16.0 Å². The second kappa shape index (κ2) is 7.08. The van der Waals surface area contributed by atoms with Crippen LogP contribution in [0.25, 0.3) is 6.08 Å². The molecule has 1 aromatic carbocycles. The second-order valence-electron chi connectivity index (χ2n) is 5.57. The van der Waals surface area contributed by atoms with Gasteiger partial charge < -0.3 is 9.47 Å². The number of fused-ring (bicyclic) bond motifs is 1. The van der Waals surface area contributed by atoms with Crippen molar-refractivity contribution in [3.05, 3.63) is 47.3 Å². The molecule has 0 bridgehead atoms. The summed E-state index contributed by atoms with van der Waals surface area (Å²) in [5.74, 6) is 0.508. The van der Waals surface area contributed by atoms with E-state index in [0.717, 1.165) is 17.0 Å². The number of amides is 2. The van der Waals surface area contributed by atoms with Crippen LogP contribution < -0.4 is 20.3 Å². The number of hydrogen-bond donors (Lipinski definition) is 2. The average molecular weight is 342 g/mol. The molecule has 1 aromatic heterocycles. The fourth-order valence-corrected chi connectivity index (χ4v) is 2.37. The van der Waals surface area contributed by atoms with Crippen LogP contribution >= 0.6 is 0 Å². The van der Waals surface area contributed by atoms with E-state index in [1.54, 1.807) is 29.0 Å². The Morgan fingerprint density at radius 2 is 2.00 bits per heavy atom. The first kappa shape index (κ1) is 16.6. The fraction of sp³-hybridized carbons (Fsp3) is 0.235. The van der Waals surface area contributed by atoms with Gasteiger partial charge in [0.05, 0.1) is 5.69 Å². The molecule has 25 heavy (non-hydrogen) atoms. The van der Waals surface area contributed by atoms with Gasteiger partial charge in [0.2, 0.25) is 6.79 Å². The third kappa shape index (κ3) is 4.17. The monoisotopic (exact) mass is 342 g/mol. The van der Waals surface area contributed by atoms with Crippen LogP contribution in [0.5, 0.6) is 11.5 Å². The first-order valence-corrected chi connectivity index (χ1v) is 7.69. The molecule has 0 aliphatic carbocycles. The number of hydrazine groups is 1. The van der Waals surface area contributed by atoms with Crippen LogP contribution in [-0.2, 0) is 16.1 Å². The number of rotatable bonds is 4. The van der Waals surface area contributed by atoms with E-state index in [4.69, 9.17) is 9.47 Å². The van der Waals surface area contributed by atoms with E-state index in [9.17, 15) is 9.59 Å². The van der Waals surface area contributed by atoms with Crippen LogP contribution in [0, 0.1) is 13.8 Å². The van der Waals surface area contributed by atoms with E-state index >= 15 is 0 Å². The molecular formula is C17H18N4O4. The Kier molecular flexibility index (Phi) is 4.69. The number of nitrogens with zero attached hydrogens (tertiary/aromatic N) is 2. The fourth-order valence-electron chi connectivity index (χ4n) is 2.37. The van der Waals surface area contributed by atoms with Crippen molar-refractivity contribution in [2.24, 2.45) is 0 Å². The molecule has 0 fully saturated rings. The highest BCUT2D eigenvalue weighted by atomic mass is 16.7. The topological polar surface area (TPSA) is 94.5 Å². The highest BCUT2D eigenvalue weighted by Crippen LogP contribution is 2.32. The van der Waals surface area contributed by atoms with Crippen molar-refractivity contribution in [2.45, 2.75) is 20.4 Å². The maximum Gasteiger partial charge on any atom is 0.262 e. The zero-order valence-electron chi connectivity index (χ0n) is 13.9. The summed E-state index contributed by atoms with van der Waals surface area (Å²) in [6.45, 7) is 3.94. The van der Waals surface area contributed by atoms with E-state index < -0.39 is 5.91 Å². The summed E-state index contributed by atoms with van der Waals surface area (Å²) in [5.41, 5.74) is 7.18. The Morgan fingerprint density at radius 1 is 1.20 bits per heavy atom. The van der Waals surface area contributed by atoms with Crippen molar-refractivity contribution in [2.75, 3.05) is 6.79 Å². The summed E-state index contributed by atoms with van der Waals surface area (Å²) in [5, 5.41) is 4.19. The first-order chi connectivity index (χ1) is 12.0. The van der Waals surface area contributed by atoms with Gasteiger partial charge in [0.25, 0.3) is 11.8 Å². The Morgan fingerprint density at radius 3 is 2.76 bits per heavy atom. The molecule has 8 heteroatoms. The maximum absolute atomic E-state index is 11.8. The van der Waals surface area contributed by atoms with Crippen LogP contribution in [0.1, 0.15) is 17.0 Å². The number of aryl methyl sites for hydroxylation is 2. The Hall–Kier alpha value is -3.29. The summed E-state index contributed by atoms with van der Waals surface area (Å²) in [6, 6.07) is 7.22. The third-order valence-corrected chi connectivity index (χ3v) is 3.55. The van der Waals surface area contributed by atoms with Crippen LogP contribution in [0.15, 0.2) is 30.3 Å². The maximum atomic E-state index is 11.8. The lowest BCUT2D eigenvalue weighted by Gasteiger charge is -2.06. The predicted molar refractivity (Wildman–Crippen MR) is 89.6 cm³/mol. The lowest BCUT2D eigenvalue weighted by Crippen LogP contribution is -2.42. The molecule has 0 saturated carbocycles. The minimum Gasteiger partial charge on any atom is -0.454 e. The molecule has 3 rings (SSSR count). The first-order valence-electron chi connectivity index (χ1n) is 7.69. The highest BCUT2D eigenvalue weighted by molar-refractivity contribution is 5.93. The number of benzene rings is 1. The van der Waals surface area contributed by atoms with Gasteiger partial charge in [-0.2, -0.15) is 5.10 Å². The minimum absolute atomic E-state index is 0.0336. The Bertz CT molecular complexity index is 841. The van der Waals surface area contributed by atoms with E-state index in [-0.39, 0.29) is 19.2 Å². The summed E-state index contributed by atoms with van der Waals surface area (Å²) in [4.78, 5) is 23.6. The molecule has 0 saturated heterocycles. The number of nitrogens with one attached hydrogen (secondary N) is 2. The van der Waals surface area contributed by atoms with Gasteiger partial charge >= 0.3 is 0 Å². The number of hydrogen-bond acceptors (Lipinski definition) is 5. The van der Waals surface area contributed by atoms with Crippen LogP contribution in [0.2, 0.25) is 0 Å². The summed E-state index contributed by atoms with van der Waals surface area (Å²) in [7, 11) is 0. The molecule has 0 radical (unpaired) electrons. The van der Waals surface area contributed by atoms with Crippen LogP contribution in [0.4, 0.5) is 0 Å². The molecule has 130 valence electrons. The molecule has 1 aliphatic heterocycles. The van der Waals surface area contributed by atoms with Gasteiger partial charge in [0.15, 0.2) is 11.5 Å². The summed E-state index contributed by atoms with van der Waals surface area (Å²) >= 11 is 0. The Balaban J connectivity index is 1.49. The summed E-state index contributed by atoms with van der Waals surface area (Å²) < 4.78 is 12.1. The van der Waals surface area contributed by atoms with Crippen molar-refractivity contribution >= 4 is 17.9 Å². The molecule has 2 amide bonds. The molecule has 8 nitrogen and oxygen atoms in total. The van der Waals surface area contributed by atoms with Crippen LogP contribution in [-0.4, -0.2) is 28.4 Å². The third-order valence-electron chi connectivity index (χ3n) is 3.55. The lowest BCUT2D eigenvalue weighted by molar-refractivity contribution is -0.127. The average Bonchev–Trinajstić information content (AvgIpc) is 3.16. The van der Waals surface area contributed by atoms with Crippen molar-refractivity contribution in [3.8, 4) is 11.5 Å². The second-order valence-corrected chi connectivity index (χ2v) is 5.57. The van der Waals surface area contributed by atoms with E-state index in [0.29, 0.717) is 11.5 Å². The largest absolute Gasteiger partial charge is 0.454 e. The standard InChI is InChI=1S/C17H18N4O4/c1-11-7-12(2)21(20-11)9-17(23)19-18-16(22)6-4-13-3-5-14-15(8-13)25-10-24-14/h3-8H,9-10H2,1-2H3,(H,18,22)(H,19,23)/b6-4+. The molecule has 0 atom stereocenters. The van der Waals surface area contributed by atoms with Gasteiger partial charge in [-0.05, 0) is 43.7 Å². The number of aromatic nitrogens is 2. The zero-order valence-corrected chi connectivity index (χ0v) is 13.9. The van der Waals surface area contributed by atoms with Gasteiger partial charge in [0, 0.05) is 11.8 Å². The SMILES string of the molecule is Cc1cc(C)n(CC(=O)NNC(=O)/C=C/c2ccc3c(c2)OCO3)n1. The smallest absolute Gasteiger partial charge is 0.262 e. The van der Waals surface area contributed by atoms with Gasteiger partial charge in [-0.25, -0.2) is 0 Å². The van der Waals surface area contributed by atoms with Gasteiger partial charge in [-0.3, -0.25) is 25.1 Å². The minimum atomic E-state index is -0.445. The van der Waals surface area contributed by atoms with Crippen molar-refractivity contribution in [3.63, 3.8) is 0 Å². The Labute approximate surface area is 144 Å². The zero-order chi connectivity index (χ0) is 17.8. The molecule has 1 aliphatic rings. The van der Waals surface area contributed by atoms with Crippen molar-refractivity contribution in [1.29, 1.82) is 0 Å². The van der Waals surface area contributed by atoms with Crippen molar-refractivity contribution < 1.29 is 19.1 Å². The predicted octanol–water partition coefficient (Wildman–Crippen LogP) is 1.09. The molecule has 0 spiro atoms. The number of carbonyl (C=O) groups excluding carboxylic acids is 2. The molecule has 2 aromatic rings. The lowest BCUT2D eigenvalue weighted by atomic mass is 10.2. The molecular weight excluding hydrogens is 324 g/mol. The van der Waals surface area contributed by atoms with E-state index in [1.165, 1.54) is 6.08 Å². The van der Waals surface area contributed by atoms with Gasteiger partial charge in [-0.1, -0.05) is 6.07 Å². The highest BCUT2D eigenvalue weighted by Gasteiger charge is 2.12. The molecule has 2 N–H and O–H groups in total.